The van der Waals surface area contributed by atoms with Gasteiger partial charge in [0, 0.05) is 33.2 Å². The molecule has 0 saturated heterocycles. The number of hydrogen-bond donors (Lipinski definition) is 1. The SMILES string of the molecule is CS(=O)c1ccc(C(=O)Nc2ccc3ccccc3c2)cc1. The molecule has 4 heteroatoms. The zero-order valence-corrected chi connectivity index (χ0v) is 12.9. The Labute approximate surface area is 131 Å². The van der Waals surface area contributed by atoms with Crippen LogP contribution in [0.3, 0.4) is 0 Å². The first-order valence-corrected chi connectivity index (χ1v) is 8.43. The minimum atomic E-state index is -1.04. The first kappa shape index (κ1) is 14.5. The molecule has 1 unspecified atom stereocenters. The lowest BCUT2D eigenvalue weighted by atomic mass is 10.1. The van der Waals surface area contributed by atoms with Crippen molar-refractivity contribution in [1.29, 1.82) is 0 Å². The molecule has 3 aromatic carbocycles. The van der Waals surface area contributed by atoms with E-state index in [4.69, 9.17) is 0 Å². The Kier molecular flexibility index (Phi) is 4.02. The van der Waals surface area contributed by atoms with E-state index in [0.717, 1.165) is 16.5 Å². The maximum absolute atomic E-state index is 12.2. The predicted molar refractivity (Wildman–Crippen MR) is 90.7 cm³/mol. The van der Waals surface area contributed by atoms with Crippen molar-refractivity contribution in [3.05, 3.63) is 72.3 Å². The molecule has 3 nitrogen and oxygen atoms in total. The molecule has 0 heterocycles. The summed E-state index contributed by atoms with van der Waals surface area (Å²) < 4.78 is 11.4. The van der Waals surface area contributed by atoms with Crippen molar-refractivity contribution in [3.63, 3.8) is 0 Å². The highest BCUT2D eigenvalue weighted by molar-refractivity contribution is 7.84. The fourth-order valence-corrected chi connectivity index (χ4v) is 2.79. The van der Waals surface area contributed by atoms with Crippen molar-refractivity contribution in [1.82, 2.24) is 0 Å². The summed E-state index contributed by atoms with van der Waals surface area (Å²) in [6, 6.07) is 20.6. The Morgan fingerprint density at radius 2 is 1.59 bits per heavy atom. The van der Waals surface area contributed by atoms with Gasteiger partial charge in [0.25, 0.3) is 5.91 Å². The minimum Gasteiger partial charge on any atom is -0.322 e. The van der Waals surface area contributed by atoms with E-state index >= 15 is 0 Å². The topological polar surface area (TPSA) is 46.2 Å². The lowest BCUT2D eigenvalue weighted by Gasteiger charge is -2.07. The Morgan fingerprint density at radius 3 is 2.27 bits per heavy atom. The van der Waals surface area contributed by atoms with E-state index in [1.165, 1.54) is 0 Å². The summed E-state index contributed by atoms with van der Waals surface area (Å²) in [5.74, 6) is -0.177. The second-order valence-electron chi connectivity index (χ2n) is 4.99. The van der Waals surface area contributed by atoms with E-state index in [-0.39, 0.29) is 5.91 Å². The number of rotatable bonds is 3. The zero-order valence-electron chi connectivity index (χ0n) is 12.1. The van der Waals surface area contributed by atoms with Gasteiger partial charge in [0.2, 0.25) is 0 Å². The lowest BCUT2D eigenvalue weighted by Crippen LogP contribution is -2.11. The molecule has 0 aromatic heterocycles. The number of hydrogen-bond acceptors (Lipinski definition) is 2. The van der Waals surface area contributed by atoms with Gasteiger partial charge < -0.3 is 5.32 Å². The van der Waals surface area contributed by atoms with Gasteiger partial charge in [-0.3, -0.25) is 9.00 Å². The molecule has 0 saturated carbocycles. The monoisotopic (exact) mass is 309 g/mol. The largest absolute Gasteiger partial charge is 0.322 e. The predicted octanol–water partition coefficient (Wildman–Crippen LogP) is 3.83. The number of anilines is 1. The number of carbonyl (C=O) groups excluding carboxylic acids is 1. The smallest absolute Gasteiger partial charge is 0.255 e. The Morgan fingerprint density at radius 1 is 0.909 bits per heavy atom. The molecule has 0 aliphatic heterocycles. The van der Waals surface area contributed by atoms with Gasteiger partial charge in [-0.1, -0.05) is 30.3 Å². The van der Waals surface area contributed by atoms with Gasteiger partial charge in [-0.05, 0) is 47.2 Å². The van der Waals surface area contributed by atoms with Crippen molar-refractivity contribution in [2.75, 3.05) is 11.6 Å². The van der Waals surface area contributed by atoms with Gasteiger partial charge in [-0.25, -0.2) is 0 Å². The molecule has 0 fully saturated rings. The first-order valence-electron chi connectivity index (χ1n) is 6.87. The van der Waals surface area contributed by atoms with Gasteiger partial charge in [-0.2, -0.15) is 0 Å². The van der Waals surface area contributed by atoms with Gasteiger partial charge in [0.05, 0.1) is 0 Å². The van der Waals surface area contributed by atoms with Crippen LogP contribution in [0.5, 0.6) is 0 Å². The van der Waals surface area contributed by atoms with E-state index in [1.54, 1.807) is 30.5 Å². The van der Waals surface area contributed by atoms with Crippen molar-refractivity contribution < 1.29 is 9.00 Å². The molecule has 3 rings (SSSR count). The molecule has 22 heavy (non-hydrogen) atoms. The van der Waals surface area contributed by atoms with Crippen LogP contribution in [-0.4, -0.2) is 16.4 Å². The van der Waals surface area contributed by atoms with E-state index < -0.39 is 10.8 Å². The van der Waals surface area contributed by atoms with Crippen molar-refractivity contribution in [2.45, 2.75) is 4.90 Å². The maximum Gasteiger partial charge on any atom is 0.255 e. The number of nitrogens with one attached hydrogen (secondary N) is 1. The van der Waals surface area contributed by atoms with E-state index in [1.807, 2.05) is 42.5 Å². The summed E-state index contributed by atoms with van der Waals surface area (Å²) in [5.41, 5.74) is 1.30. The van der Waals surface area contributed by atoms with E-state index in [9.17, 15) is 9.00 Å². The molecule has 0 bridgehead atoms. The molecule has 0 spiro atoms. The minimum absolute atomic E-state index is 0.177. The van der Waals surface area contributed by atoms with Crippen LogP contribution >= 0.6 is 0 Å². The summed E-state index contributed by atoms with van der Waals surface area (Å²) in [6.07, 6.45) is 1.62. The molecule has 110 valence electrons. The van der Waals surface area contributed by atoms with Crippen LogP contribution in [0.1, 0.15) is 10.4 Å². The molecule has 1 amide bonds. The number of fused-ring (bicyclic) bond motifs is 1. The molecule has 3 aromatic rings. The molecule has 0 aliphatic carbocycles. The molecule has 1 N–H and O–H groups in total. The van der Waals surface area contributed by atoms with Crippen LogP contribution in [-0.2, 0) is 10.8 Å². The van der Waals surface area contributed by atoms with Crippen molar-refractivity contribution >= 4 is 33.2 Å². The van der Waals surface area contributed by atoms with Gasteiger partial charge in [0.15, 0.2) is 0 Å². The van der Waals surface area contributed by atoms with Gasteiger partial charge >= 0.3 is 0 Å². The molecule has 1 atom stereocenters. The highest BCUT2D eigenvalue weighted by Crippen LogP contribution is 2.19. The van der Waals surface area contributed by atoms with Crippen molar-refractivity contribution in [2.24, 2.45) is 0 Å². The third-order valence-corrected chi connectivity index (χ3v) is 4.39. The second-order valence-corrected chi connectivity index (χ2v) is 6.37. The first-order chi connectivity index (χ1) is 10.6. The third kappa shape index (κ3) is 3.07. The number of carbonyl (C=O) groups is 1. The number of benzene rings is 3. The van der Waals surface area contributed by atoms with Gasteiger partial charge in [0.1, 0.15) is 0 Å². The fraction of sp³-hybridized carbons (Fsp3) is 0.0556. The quantitative estimate of drug-likeness (QED) is 0.799. The molecule has 0 radical (unpaired) electrons. The Bertz CT molecular complexity index is 856. The van der Waals surface area contributed by atoms with Gasteiger partial charge in [-0.15, -0.1) is 0 Å². The average Bonchev–Trinajstić information content (AvgIpc) is 2.55. The standard InChI is InChI=1S/C18H15NO2S/c1-22(21)17-10-7-14(8-11-17)18(20)19-16-9-6-13-4-2-3-5-15(13)12-16/h2-12H,1H3,(H,19,20). The van der Waals surface area contributed by atoms with Crippen LogP contribution < -0.4 is 5.32 Å². The Hall–Kier alpha value is -2.46. The summed E-state index contributed by atoms with van der Waals surface area (Å²) in [4.78, 5) is 13.0. The molecular weight excluding hydrogens is 294 g/mol. The fourth-order valence-electron chi connectivity index (χ4n) is 2.27. The Balaban J connectivity index is 1.81. The zero-order chi connectivity index (χ0) is 15.5. The summed E-state index contributed by atoms with van der Waals surface area (Å²) in [5, 5.41) is 5.10. The van der Waals surface area contributed by atoms with E-state index in [0.29, 0.717) is 10.5 Å². The summed E-state index contributed by atoms with van der Waals surface area (Å²) in [6.45, 7) is 0. The summed E-state index contributed by atoms with van der Waals surface area (Å²) >= 11 is 0. The molecule has 0 aliphatic rings. The van der Waals surface area contributed by atoms with Crippen LogP contribution in [0.4, 0.5) is 5.69 Å². The van der Waals surface area contributed by atoms with Crippen molar-refractivity contribution in [3.8, 4) is 0 Å². The normalized spacial score (nSPS) is 12.0. The highest BCUT2D eigenvalue weighted by atomic mass is 32.2. The van der Waals surface area contributed by atoms with E-state index in [2.05, 4.69) is 5.32 Å². The maximum atomic E-state index is 12.2. The highest BCUT2D eigenvalue weighted by Gasteiger charge is 2.07. The number of amides is 1. The molecular formula is C18H15NO2S. The second kappa shape index (κ2) is 6.12. The van der Waals surface area contributed by atoms with Crippen LogP contribution in [0.2, 0.25) is 0 Å². The van der Waals surface area contributed by atoms with Crippen LogP contribution in [0.15, 0.2) is 71.6 Å². The summed E-state index contributed by atoms with van der Waals surface area (Å²) in [7, 11) is -1.04. The third-order valence-electron chi connectivity index (χ3n) is 3.46. The van der Waals surface area contributed by atoms with Crippen LogP contribution in [0.25, 0.3) is 10.8 Å². The van der Waals surface area contributed by atoms with Crippen LogP contribution in [0, 0.1) is 0 Å². The lowest BCUT2D eigenvalue weighted by molar-refractivity contribution is 0.102. The average molecular weight is 309 g/mol.